The van der Waals surface area contributed by atoms with Crippen LogP contribution < -0.4 is 5.32 Å². The van der Waals surface area contributed by atoms with Crippen LogP contribution in [0.1, 0.15) is 32.7 Å². The van der Waals surface area contributed by atoms with Crippen molar-refractivity contribution >= 4 is 22.5 Å². The zero-order valence-electron chi connectivity index (χ0n) is 25.5. The summed E-state index contributed by atoms with van der Waals surface area (Å²) in [5, 5.41) is 25.2. The van der Waals surface area contributed by atoms with Crippen LogP contribution >= 0.6 is 0 Å². The largest absolute Gasteiger partial charge is 0.507 e. The van der Waals surface area contributed by atoms with Crippen LogP contribution in [0.15, 0.2) is 79.1 Å². The number of anilines is 1. The minimum Gasteiger partial charge on any atom is -0.507 e. The second kappa shape index (κ2) is 12.5. The Morgan fingerprint density at radius 1 is 0.841 bits per heavy atom. The number of hydrogen-bond donors (Lipinski definition) is 3. The first kappa shape index (κ1) is 29.4. The van der Waals surface area contributed by atoms with Crippen molar-refractivity contribution in [2.45, 2.75) is 26.8 Å². The zero-order valence-corrected chi connectivity index (χ0v) is 25.5. The molecule has 0 bridgehead atoms. The number of nitrogens with one attached hydrogen (secondary N) is 1. The van der Waals surface area contributed by atoms with Crippen LogP contribution in [-0.4, -0.2) is 75.2 Å². The molecule has 0 radical (unpaired) electrons. The van der Waals surface area contributed by atoms with Crippen molar-refractivity contribution in [1.29, 1.82) is 0 Å². The van der Waals surface area contributed by atoms with E-state index in [1.54, 1.807) is 36.7 Å². The monoisotopic (exact) mass is 589 g/mol. The lowest BCUT2D eigenvalue weighted by Gasteiger charge is -2.32. The summed E-state index contributed by atoms with van der Waals surface area (Å²) in [5.74, 6) is -0.582. The molecule has 3 aromatic carbocycles. The van der Waals surface area contributed by atoms with Gasteiger partial charge in [0.15, 0.2) is 0 Å². The second-order valence-corrected chi connectivity index (χ2v) is 11.8. The summed E-state index contributed by atoms with van der Waals surface area (Å²) in [5.41, 5.74) is 8.01. The van der Waals surface area contributed by atoms with Gasteiger partial charge in [-0.15, -0.1) is 0 Å². The Morgan fingerprint density at radius 3 is 2.18 bits per heavy atom. The molecule has 1 amide bonds. The van der Waals surface area contributed by atoms with Gasteiger partial charge < -0.3 is 25.0 Å². The maximum absolute atomic E-state index is 13.0. The van der Waals surface area contributed by atoms with Crippen molar-refractivity contribution in [3.63, 3.8) is 0 Å². The molecule has 2 aromatic heterocycles. The van der Waals surface area contributed by atoms with E-state index in [0.717, 1.165) is 51.3 Å². The number of likely N-dealkylation sites (N-methyl/N-ethyl adjacent to an activating group) is 1. The third-order valence-electron chi connectivity index (χ3n) is 8.89. The first-order valence-electron chi connectivity index (χ1n) is 15.1. The number of aromatic hydroxyl groups is 2. The summed E-state index contributed by atoms with van der Waals surface area (Å²) >= 11 is 0. The highest BCUT2D eigenvalue weighted by Crippen LogP contribution is 2.39. The number of benzene rings is 3. The summed E-state index contributed by atoms with van der Waals surface area (Å²) in [6.45, 7) is 11.0. The topological polar surface area (TPSA) is 93.9 Å². The van der Waals surface area contributed by atoms with Gasteiger partial charge in [-0.25, -0.2) is 0 Å². The molecule has 1 aliphatic rings. The molecule has 44 heavy (non-hydrogen) atoms. The number of amides is 1. The number of phenols is 2. The molecule has 0 saturated carbocycles. The van der Waals surface area contributed by atoms with E-state index in [0.29, 0.717) is 22.4 Å². The predicted molar refractivity (Wildman–Crippen MR) is 176 cm³/mol. The van der Waals surface area contributed by atoms with Crippen LogP contribution in [0.25, 0.3) is 22.0 Å². The number of carbonyl (C=O) groups is 1. The van der Waals surface area contributed by atoms with Crippen molar-refractivity contribution in [3.8, 4) is 22.6 Å². The van der Waals surface area contributed by atoms with Gasteiger partial charge in [-0.05, 0) is 86.0 Å². The third kappa shape index (κ3) is 6.18. The van der Waals surface area contributed by atoms with Crippen molar-refractivity contribution in [2.75, 3.05) is 45.1 Å². The summed E-state index contributed by atoms with van der Waals surface area (Å²) in [4.78, 5) is 21.9. The molecule has 3 N–H and O–H groups in total. The van der Waals surface area contributed by atoms with Crippen LogP contribution in [0.3, 0.4) is 0 Å². The van der Waals surface area contributed by atoms with Gasteiger partial charge in [-0.2, -0.15) is 0 Å². The van der Waals surface area contributed by atoms with E-state index in [4.69, 9.17) is 0 Å². The van der Waals surface area contributed by atoms with E-state index in [-0.39, 0.29) is 17.4 Å². The standard InChI is InChI=1S/C36H39N5O3/c1-24-25(2)41(19-18-40-16-14-39(3)15-17-40)32-9-6-27(21-31(24)32)20-26-4-7-29(8-5-26)36(44)38-30-22-33(42)35(34(43)23-30)28-10-12-37-13-11-28/h4-13,21-23,42-43H,14-20H2,1-3H3,(H,38,44). The van der Waals surface area contributed by atoms with Crippen molar-refractivity contribution in [2.24, 2.45) is 0 Å². The Balaban J connectivity index is 1.11. The highest BCUT2D eigenvalue weighted by Gasteiger charge is 2.17. The summed E-state index contributed by atoms with van der Waals surface area (Å²) in [7, 11) is 2.19. The zero-order chi connectivity index (χ0) is 30.8. The molecule has 0 unspecified atom stereocenters. The van der Waals surface area contributed by atoms with Gasteiger partial charge >= 0.3 is 0 Å². The van der Waals surface area contributed by atoms with Gasteiger partial charge in [0.1, 0.15) is 11.5 Å². The van der Waals surface area contributed by atoms with Crippen LogP contribution in [0.2, 0.25) is 0 Å². The predicted octanol–water partition coefficient (Wildman–Crippen LogP) is 5.82. The Morgan fingerprint density at radius 2 is 1.50 bits per heavy atom. The molecular weight excluding hydrogens is 550 g/mol. The number of phenolic OH excluding ortho intramolecular Hbond substituents is 2. The maximum atomic E-state index is 13.0. The van der Waals surface area contributed by atoms with Crippen molar-refractivity contribution < 1.29 is 15.0 Å². The molecule has 3 heterocycles. The number of piperazine rings is 1. The van der Waals surface area contributed by atoms with Crippen LogP contribution in [0.5, 0.6) is 11.5 Å². The quantitative estimate of drug-likeness (QED) is 0.211. The van der Waals surface area contributed by atoms with E-state index in [9.17, 15) is 15.0 Å². The number of carbonyl (C=O) groups excluding carboxylic acids is 1. The van der Waals surface area contributed by atoms with Gasteiger partial charge in [0, 0.05) is 91.6 Å². The molecule has 0 spiro atoms. The van der Waals surface area contributed by atoms with Crippen molar-refractivity contribution in [1.82, 2.24) is 19.4 Å². The second-order valence-electron chi connectivity index (χ2n) is 11.8. The minimum atomic E-state index is -0.322. The Hall–Kier alpha value is -4.66. The minimum absolute atomic E-state index is 0.130. The highest BCUT2D eigenvalue weighted by molar-refractivity contribution is 6.04. The highest BCUT2D eigenvalue weighted by atomic mass is 16.3. The van der Waals surface area contributed by atoms with E-state index in [2.05, 4.69) is 63.8 Å². The number of hydrogen-bond acceptors (Lipinski definition) is 6. The van der Waals surface area contributed by atoms with E-state index >= 15 is 0 Å². The lowest BCUT2D eigenvalue weighted by atomic mass is 10.0. The van der Waals surface area contributed by atoms with Crippen LogP contribution in [0.4, 0.5) is 5.69 Å². The first-order valence-corrected chi connectivity index (χ1v) is 15.1. The molecule has 1 fully saturated rings. The van der Waals surface area contributed by atoms with E-state index < -0.39 is 0 Å². The number of aromatic nitrogens is 2. The third-order valence-corrected chi connectivity index (χ3v) is 8.89. The van der Waals surface area contributed by atoms with Gasteiger partial charge in [-0.1, -0.05) is 18.2 Å². The number of fused-ring (bicyclic) bond motifs is 1. The average molecular weight is 590 g/mol. The summed E-state index contributed by atoms with van der Waals surface area (Å²) < 4.78 is 2.46. The number of rotatable bonds is 8. The maximum Gasteiger partial charge on any atom is 0.255 e. The smallest absolute Gasteiger partial charge is 0.255 e. The van der Waals surface area contributed by atoms with Crippen molar-refractivity contribution in [3.05, 3.63) is 107 Å². The molecule has 8 nitrogen and oxygen atoms in total. The number of nitrogens with zero attached hydrogens (tertiary/aromatic N) is 4. The Kier molecular flexibility index (Phi) is 8.37. The lowest BCUT2D eigenvalue weighted by Crippen LogP contribution is -2.45. The molecular formula is C36H39N5O3. The van der Waals surface area contributed by atoms with E-state index in [1.165, 1.54) is 39.9 Å². The molecule has 1 saturated heterocycles. The van der Waals surface area contributed by atoms with Gasteiger partial charge in [0.25, 0.3) is 5.91 Å². The van der Waals surface area contributed by atoms with Gasteiger partial charge in [0.05, 0.1) is 5.56 Å². The first-order chi connectivity index (χ1) is 21.3. The molecule has 6 rings (SSSR count). The SMILES string of the molecule is Cc1c(C)n(CCN2CCN(C)CC2)c2ccc(Cc3ccc(C(=O)Nc4cc(O)c(-c5ccncc5)c(O)c4)cc3)cc12. The lowest BCUT2D eigenvalue weighted by molar-refractivity contribution is 0.102. The Labute approximate surface area is 258 Å². The van der Waals surface area contributed by atoms with Crippen LogP contribution in [0, 0.1) is 13.8 Å². The molecule has 226 valence electrons. The summed E-state index contributed by atoms with van der Waals surface area (Å²) in [6, 6.07) is 20.6. The molecule has 0 atom stereocenters. The molecule has 8 heteroatoms. The summed E-state index contributed by atoms with van der Waals surface area (Å²) in [6.07, 6.45) is 3.93. The fraction of sp³-hybridized carbons (Fsp3) is 0.278. The van der Waals surface area contributed by atoms with Gasteiger partial charge in [-0.3, -0.25) is 14.7 Å². The number of pyridine rings is 1. The molecule has 5 aromatic rings. The molecule has 0 aliphatic carbocycles. The fourth-order valence-electron chi connectivity index (χ4n) is 6.12. The fourth-order valence-corrected chi connectivity index (χ4v) is 6.12. The average Bonchev–Trinajstić information content (AvgIpc) is 3.25. The normalized spacial score (nSPS) is 14.2. The van der Waals surface area contributed by atoms with Crippen LogP contribution in [-0.2, 0) is 13.0 Å². The molecule has 1 aliphatic heterocycles. The number of aryl methyl sites for hydroxylation is 1. The van der Waals surface area contributed by atoms with E-state index in [1.807, 2.05) is 12.1 Å². The van der Waals surface area contributed by atoms with Gasteiger partial charge in [0.2, 0.25) is 0 Å². The Bertz CT molecular complexity index is 1770.